The highest BCUT2D eigenvalue weighted by atomic mass is 19.2. The van der Waals surface area contributed by atoms with Crippen LogP contribution in [0.2, 0.25) is 0 Å². The van der Waals surface area contributed by atoms with Crippen LogP contribution >= 0.6 is 0 Å². The SMILES string of the molecule is CC(NC1CCCCC1C(C)C)c1ccc(F)c(F)c1. The van der Waals surface area contributed by atoms with Crippen LogP contribution in [0.5, 0.6) is 0 Å². The van der Waals surface area contributed by atoms with Gasteiger partial charge in [0.25, 0.3) is 0 Å². The quantitative estimate of drug-likeness (QED) is 0.833. The van der Waals surface area contributed by atoms with E-state index in [-0.39, 0.29) is 6.04 Å². The molecule has 1 aliphatic carbocycles. The van der Waals surface area contributed by atoms with Crippen molar-refractivity contribution in [3.63, 3.8) is 0 Å². The predicted octanol–water partition coefficient (Wildman–Crippen LogP) is 4.83. The predicted molar refractivity (Wildman–Crippen MR) is 78.5 cm³/mol. The second kappa shape index (κ2) is 6.66. The molecule has 1 saturated carbocycles. The molecular formula is C17H25F2N. The van der Waals surface area contributed by atoms with Crippen LogP contribution in [0.3, 0.4) is 0 Å². The Hall–Kier alpha value is -0.960. The number of hydrogen-bond donors (Lipinski definition) is 1. The molecule has 112 valence electrons. The van der Waals surface area contributed by atoms with Gasteiger partial charge < -0.3 is 5.32 Å². The summed E-state index contributed by atoms with van der Waals surface area (Å²) < 4.78 is 26.3. The number of nitrogens with one attached hydrogen (secondary N) is 1. The maximum Gasteiger partial charge on any atom is 0.159 e. The third-order valence-electron chi connectivity index (χ3n) is 4.58. The second-order valence-electron chi connectivity index (χ2n) is 6.36. The lowest BCUT2D eigenvalue weighted by Gasteiger charge is -2.37. The molecule has 0 spiro atoms. The van der Waals surface area contributed by atoms with Crippen LogP contribution in [-0.2, 0) is 0 Å². The minimum atomic E-state index is -0.779. The molecule has 3 unspecified atom stereocenters. The zero-order valence-corrected chi connectivity index (χ0v) is 12.6. The summed E-state index contributed by atoms with van der Waals surface area (Å²) >= 11 is 0. The van der Waals surface area contributed by atoms with Crippen LogP contribution in [-0.4, -0.2) is 6.04 Å². The molecule has 1 nitrogen and oxygen atoms in total. The fraction of sp³-hybridized carbons (Fsp3) is 0.647. The summed E-state index contributed by atoms with van der Waals surface area (Å²) in [6.07, 6.45) is 5.00. The Morgan fingerprint density at radius 3 is 2.40 bits per heavy atom. The molecule has 1 aromatic carbocycles. The Bertz CT molecular complexity index is 445. The van der Waals surface area contributed by atoms with Gasteiger partial charge in [0.1, 0.15) is 0 Å². The fourth-order valence-electron chi connectivity index (χ4n) is 3.36. The minimum absolute atomic E-state index is 0.0504. The molecule has 1 fully saturated rings. The molecule has 0 heterocycles. The van der Waals surface area contributed by atoms with E-state index in [1.165, 1.54) is 37.8 Å². The first-order valence-electron chi connectivity index (χ1n) is 7.70. The van der Waals surface area contributed by atoms with E-state index in [1.807, 2.05) is 6.92 Å². The van der Waals surface area contributed by atoms with E-state index in [2.05, 4.69) is 19.2 Å². The van der Waals surface area contributed by atoms with Crippen molar-refractivity contribution >= 4 is 0 Å². The molecular weight excluding hydrogens is 256 g/mol. The summed E-state index contributed by atoms with van der Waals surface area (Å²) in [4.78, 5) is 0. The van der Waals surface area contributed by atoms with E-state index in [9.17, 15) is 8.78 Å². The van der Waals surface area contributed by atoms with Gasteiger partial charge in [-0.3, -0.25) is 0 Å². The zero-order chi connectivity index (χ0) is 14.7. The van der Waals surface area contributed by atoms with E-state index >= 15 is 0 Å². The third-order valence-corrected chi connectivity index (χ3v) is 4.58. The molecule has 1 aromatic rings. The van der Waals surface area contributed by atoms with Crippen molar-refractivity contribution in [2.45, 2.75) is 58.5 Å². The van der Waals surface area contributed by atoms with Gasteiger partial charge >= 0.3 is 0 Å². The van der Waals surface area contributed by atoms with Gasteiger partial charge in [0.2, 0.25) is 0 Å². The standard InChI is InChI=1S/C17H25F2N/c1-11(2)14-6-4-5-7-17(14)20-12(3)13-8-9-15(18)16(19)10-13/h8-12,14,17,20H,4-7H2,1-3H3. The molecule has 1 aliphatic rings. The van der Waals surface area contributed by atoms with E-state index in [4.69, 9.17) is 0 Å². The molecule has 3 heteroatoms. The molecule has 0 bridgehead atoms. The van der Waals surface area contributed by atoms with E-state index < -0.39 is 11.6 Å². The van der Waals surface area contributed by atoms with Crippen LogP contribution < -0.4 is 5.32 Å². The molecule has 0 amide bonds. The molecule has 0 radical (unpaired) electrons. The Kier molecular flexibility index (Phi) is 5.14. The Morgan fingerprint density at radius 2 is 1.75 bits per heavy atom. The van der Waals surface area contributed by atoms with Gasteiger partial charge in [0.05, 0.1) is 0 Å². The Balaban J connectivity index is 2.05. The van der Waals surface area contributed by atoms with Crippen molar-refractivity contribution in [1.29, 1.82) is 0 Å². The largest absolute Gasteiger partial charge is 0.307 e. The first-order valence-corrected chi connectivity index (χ1v) is 7.70. The van der Waals surface area contributed by atoms with Crippen LogP contribution in [0.4, 0.5) is 8.78 Å². The van der Waals surface area contributed by atoms with Gasteiger partial charge in [0, 0.05) is 12.1 Å². The monoisotopic (exact) mass is 281 g/mol. The summed E-state index contributed by atoms with van der Waals surface area (Å²) in [5, 5.41) is 3.62. The first kappa shape index (κ1) is 15.4. The molecule has 20 heavy (non-hydrogen) atoms. The minimum Gasteiger partial charge on any atom is -0.307 e. The van der Waals surface area contributed by atoms with E-state index in [0.29, 0.717) is 17.9 Å². The average molecular weight is 281 g/mol. The summed E-state index contributed by atoms with van der Waals surface area (Å²) in [7, 11) is 0. The fourth-order valence-corrected chi connectivity index (χ4v) is 3.36. The molecule has 0 aromatic heterocycles. The summed E-state index contributed by atoms with van der Waals surface area (Å²) in [5.41, 5.74) is 0.817. The summed E-state index contributed by atoms with van der Waals surface area (Å²) in [6.45, 7) is 6.57. The van der Waals surface area contributed by atoms with Gasteiger partial charge in [0.15, 0.2) is 11.6 Å². The first-order chi connectivity index (χ1) is 9.49. The molecule has 1 N–H and O–H groups in total. The lowest BCUT2D eigenvalue weighted by atomic mass is 9.77. The van der Waals surface area contributed by atoms with Crippen molar-refractivity contribution in [1.82, 2.24) is 5.32 Å². The maximum absolute atomic E-state index is 13.3. The van der Waals surface area contributed by atoms with E-state index in [0.717, 1.165) is 5.56 Å². The van der Waals surface area contributed by atoms with Crippen molar-refractivity contribution in [2.24, 2.45) is 11.8 Å². The number of hydrogen-bond acceptors (Lipinski definition) is 1. The normalized spacial score (nSPS) is 24.9. The second-order valence-corrected chi connectivity index (χ2v) is 6.36. The maximum atomic E-state index is 13.3. The number of rotatable bonds is 4. The van der Waals surface area contributed by atoms with Gasteiger partial charge in [-0.1, -0.05) is 32.8 Å². The average Bonchev–Trinajstić information content (AvgIpc) is 2.42. The molecule has 3 atom stereocenters. The zero-order valence-electron chi connectivity index (χ0n) is 12.6. The number of benzene rings is 1. The third kappa shape index (κ3) is 3.57. The van der Waals surface area contributed by atoms with Gasteiger partial charge in [-0.05, 0) is 49.3 Å². The molecule has 0 saturated heterocycles. The highest BCUT2D eigenvalue weighted by Crippen LogP contribution is 2.31. The van der Waals surface area contributed by atoms with Crippen LogP contribution in [0.1, 0.15) is 58.1 Å². The highest BCUT2D eigenvalue weighted by molar-refractivity contribution is 5.21. The van der Waals surface area contributed by atoms with Crippen molar-refractivity contribution in [3.05, 3.63) is 35.4 Å². The summed E-state index contributed by atoms with van der Waals surface area (Å²) in [5.74, 6) is -0.208. The van der Waals surface area contributed by atoms with Crippen molar-refractivity contribution in [2.75, 3.05) is 0 Å². The molecule has 2 rings (SSSR count). The van der Waals surface area contributed by atoms with Crippen LogP contribution in [0, 0.1) is 23.5 Å². The lowest BCUT2D eigenvalue weighted by Crippen LogP contribution is -2.42. The lowest BCUT2D eigenvalue weighted by molar-refractivity contribution is 0.194. The van der Waals surface area contributed by atoms with Gasteiger partial charge in [-0.2, -0.15) is 0 Å². The topological polar surface area (TPSA) is 12.0 Å². The van der Waals surface area contributed by atoms with Crippen molar-refractivity contribution < 1.29 is 8.78 Å². The van der Waals surface area contributed by atoms with Crippen LogP contribution in [0.15, 0.2) is 18.2 Å². The Morgan fingerprint density at radius 1 is 1.05 bits per heavy atom. The smallest absolute Gasteiger partial charge is 0.159 e. The number of halogens is 2. The van der Waals surface area contributed by atoms with Crippen LogP contribution in [0.25, 0.3) is 0 Å². The van der Waals surface area contributed by atoms with Gasteiger partial charge in [-0.15, -0.1) is 0 Å². The summed E-state index contributed by atoms with van der Waals surface area (Å²) in [6, 6.07) is 4.72. The van der Waals surface area contributed by atoms with Crippen molar-refractivity contribution in [3.8, 4) is 0 Å². The Labute approximate surface area is 120 Å². The highest BCUT2D eigenvalue weighted by Gasteiger charge is 2.28. The van der Waals surface area contributed by atoms with Gasteiger partial charge in [-0.25, -0.2) is 8.78 Å². The van der Waals surface area contributed by atoms with E-state index in [1.54, 1.807) is 6.07 Å². The molecule has 0 aliphatic heterocycles.